The number of nitro groups is 1. The van der Waals surface area contributed by atoms with Crippen LogP contribution in [0.5, 0.6) is 0 Å². The highest BCUT2D eigenvalue weighted by molar-refractivity contribution is 6.49. The summed E-state index contributed by atoms with van der Waals surface area (Å²) in [5.74, 6) is 0. The Morgan fingerprint density at radius 2 is 1.85 bits per heavy atom. The Balaban J connectivity index is 3.10. The smallest absolute Gasteiger partial charge is 0.162 e. The second-order valence-electron chi connectivity index (χ2n) is 2.09. The number of rotatable bonds is 2. The Morgan fingerprint density at radius 1 is 1.23 bits per heavy atom. The van der Waals surface area contributed by atoms with Crippen LogP contribution in [0.2, 0.25) is 15.1 Å². The van der Waals surface area contributed by atoms with E-state index in [1.54, 1.807) is 0 Å². The Labute approximate surface area is 88.5 Å². The number of hydrazine groups is 1. The zero-order valence-electron chi connectivity index (χ0n) is 6.05. The summed E-state index contributed by atoms with van der Waals surface area (Å²) in [5.41, 5.74) is 2.00. The molecule has 0 aromatic heterocycles. The normalized spacial score (nSPS) is 9.77. The predicted octanol–water partition coefficient (Wildman–Crippen LogP) is 3.25. The van der Waals surface area contributed by atoms with Crippen LogP contribution in [0.3, 0.4) is 0 Å². The van der Waals surface area contributed by atoms with Crippen LogP contribution in [0.4, 0.5) is 5.69 Å². The van der Waals surface area contributed by atoms with E-state index in [1.807, 2.05) is 5.43 Å². The molecule has 0 amide bonds. The Kier molecular flexibility index (Phi) is 3.19. The number of hydrogen-bond donors (Lipinski definition) is 1. The average molecular weight is 241 g/mol. The van der Waals surface area contributed by atoms with Gasteiger partial charge in [-0.1, -0.05) is 34.8 Å². The number of nitrogens with one attached hydrogen (secondary N) is 1. The summed E-state index contributed by atoms with van der Waals surface area (Å²) in [4.78, 5) is 10.1. The maximum atomic E-state index is 10.1. The summed E-state index contributed by atoms with van der Waals surface area (Å²) < 4.78 is 0. The van der Waals surface area contributed by atoms with Gasteiger partial charge in [0.2, 0.25) is 0 Å². The van der Waals surface area contributed by atoms with E-state index in [-0.39, 0.29) is 20.8 Å². The van der Waals surface area contributed by atoms with Crippen molar-refractivity contribution in [2.45, 2.75) is 0 Å². The van der Waals surface area contributed by atoms with Crippen LogP contribution in [0.15, 0.2) is 12.1 Å². The minimum atomic E-state index is -0.731. The molecule has 0 radical (unpaired) electrons. The van der Waals surface area contributed by atoms with Crippen LogP contribution in [-0.2, 0) is 0 Å². The molecule has 0 aliphatic carbocycles. The molecule has 0 heterocycles. The molecule has 13 heavy (non-hydrogen) atoms. The lowest BCUT2D eigenvalue weighted by atomic mass is 10.3. The van der Waals surface area contributed by atoms with Gasteiger partial charge in [-0.25, -0.2) is 10.1 Å². The SMILES string of the molecule is O=[N+]([O-])Nc1ccc(Cl)c(Cl)c1Cl. The zero-order valence-corrected chi connectivity index (χ0v) is 8.32. The molecule has 1 aromatic rings. The topological polar surface area (TPSA) is 55.2 Å². The molecular weight excluding hydrogens is 238 g/mol. The van der Waals surface area contributed by atoms with Gasteiger partial charge in [0.15, 0.2) is 5.03 Å². The number of hydrogen-bond acceptors (Lipinski definition) is 2. The summed E-state index contributed by atoms with van der Waals surface area (Å²) in [6.07, 6.45) is 0. The van der Waals surface area contributed by atoms with Gasteiger partial charge >= 0.3 is 0 Å². The first kappa shape index (κ1) is 10.4. The van der Waals surface area contributed by atoms with Crippen molar-refractivity contribution in [2.24, 2.45) is 0 Å². The quantitative estimate of drug-likeness (QED) is 0.491. The molecule has 70 valence electrons. The molecule has 1 aromatic carbocycles. The number of nitrogens with zero attached hydrogens (tertiary/aromatic N) is 1. The van der Waals surface area contributed by atoms with Crippen molar-refractivity contribution in [1.82, 2.24) is 0 Å². The van der Waals surface area contributed by atoms with Crippen LogP contribution in [-0.4, -0.2) is 5.03 Å². The van der Waals surface area contributed by atoms with Gasteiger partial charge in [-0.05, 0) is 12.1 Å². The molecule has 0 aliphatic rings. The summed E-state index contributed by atoms with van der Waals surface area (Å²) >= 11 is 16.9. The molecule has 0 unspecified atom stereocenters. The predicted molar refractivity (Wildman–Crippen MR) is 52.1 cm³/mol. The summed E-state index contributed by atoms with van der Waals surface area (Å²) in [7, 11) is 0. The van der Waals surface area contributed by atoms with Crippen molar-refractivity contribution < 1.29 is 5.03 Å². The third-order valence-electron chi connectivity index (χ3n) is 1.25. The molecule has 0 aliphatic heterocycles. The first-order chi connectivity index (χ1) is 6.02. The van der Waals surface area contributed by atoms with Crippen molar-refractivity contribution in [1.29, 1.82) is 0 Å². The minimum Gasteiger partial charge on any atom is -0.235 e. The minimum absolute atomic E-state index is 0.0332. The van der Waals surface area contributed by atoms with Gasteiger partial charge in [0.25, 0.3) is 0 Å². The molecule has 0 atom stereocenters. The van der Waals surface area contributed by atoms with Gasteiger partial charge < -0.3 is 0 Å². The van der Waals surface area contributed by atoms with E-state index in [4.69, 9.17) is 34.8 Å². The highest BCUT2D eigenvalue weighted by atomic mass is 35.5. The maximum Gasteiger partial charge on any atom is 0.162 e. The molecule has 0 fully saturated rings. The van der Waals surface area contributed by atoms with Crippen LogP contribution in [0, 0.1) is 10.1 Å². The fourth-order valence-electron chi connectivity index (χ4n) is 0.711. The fourth-order valence-corrected chi connectivity index (χ4v) is 1.29. The van der Waals surface area contributed by atoms with Crippen molar-refractivity contribution in [2.75, 3.05) is 5.43 Å². The standard InChI is InChI=1S/C6H3Cl3N2O2/c7-3-1-2-4(10-11(12)13)6(9)5(3)8/h1-2,10H. The van der Waals surface area contributed by atoms with Crippen LogP contribution in [0.1, 0.15) is 0 Å². The van der Waals surface area contributed by atoms with Gasteiger partial charge in [-0.3, -0.25) is 0 Å². The monoisotopic (exact) mass is 240 g/mol. The highest BCUT2D eigenvalue weighted by Gasteiger charge is 2.11. The van der Waals surface area contributed by atoms with Crippen LogP contribution >= 0.6 is 34.8 Å². The van der Waals surface area contributed by atoms with Gasteiger partial charge in [0.1, 0.15) is 5.69 Å². The van der Waals surface area contributed by atoms with Crippen molar-refractivity contribution in [3.63, 3.8) is 0 Å². The van der Waals surface area contributed by atoms with Crippen molar-refractivity contribution in [3.05, 3.63) is 37.3 Å². The van der Waals surface area contributed by atoms with Crippen molar-refractivity contribution >= 4 is 40.5 Å². The van der Waals surface area contributed by atoms with E-state index < -0.39 is 5.03 Å². The maximum absolute atomic E-state index is 10.1. The van der Waals surface area contributed by atoms with E-state index in [0.717, 1.165) is 0 Å². The Morgan fingerprint density at radius 3 is 2.38 bits per heavy atom. The van der Waals surface area contributed by atoms with E-state index >= 15 is 0 Å². The van der Waals surface area contributed by atoms with Crippen LogP contribution < -0.4 is 5.43 Å². The van der Waals surface area contributed by atoms with Crippen LogP contribution in [0.25, 0.3) is 0 Å². The Hall–Kier alpha value is -0.710. The molecule has 0 saturated heterocycles. The van der Waals surface area contributed by atoms with E-state index in [9.17, 15) is 10.1 Å². The lowest BCUT2D eigenvalue weighted by molar-refractivity contribution is -0.445. The van der Waals surface area contributed by atoms with Crippen molar-refractivity contribution in [3.8, 4) is 0 Å². The molecule has 1 N–H and O–H groups in total. The van der Waals surface area contributed by atoms with Gasteiger partial charge in [-0.2, -0.15) is 0 Å². The first-order valence-electron chi connectivity index (χ1n) is 3.07. The molecule has 0 spiro atoms. The molecule has 1 rings (SSSR count). The zero-order chi connectivity index (χ0) is 10.0. The lowest BCUT2D eigenvalue weighted by Crippen LogP contribution is -2.08. The van der Waals surface area contributed by atoms with Gasteiger partial charge in [-0.15, -0.1) is 5.43 Å². The molecule has 4 nitrogen and oxygen atoms in total. The first-order valence-corrected chi connectivity index (χ1v) is 4.20. The molecule has 0 bridgehead atoms. The van der Waals surface area contributed by atoms with E-state index in [0.29, 0.717) is 0 Å². The summed E-state index contributed by atoms with van der Waals surface area (Å²) in [5, 5.41) is 9.72. The highest BCUT2D eigenvalue weighted by Crippen LogP contribution is 2.35. The third kappa shape index (κ3) is 2.37. The Bertz CT molecular complexity index is 356. The number of benzene rings is 1. The number of halogens is 3. The van der Waals surface area contributed by atoms with E-state index in [2.05, 4.69) is 0 Å². The average Bonchev–Trinajstić information content (AvgIpc) is 2.06. The van der Waals surface area contributed by atoms with Gasteiger partial charge in [0.05, 0.1) is 15.1 Å². The molecular formula is C6H3Cl3N2O2. The largest absolute Gasteiger partial charge is 0.235 e. The fraction of sp³-hybridized carbons (Fsp3) is 0. The summed E-state index contributed by atoms with van der Waals surface area (Å²) in [6, 6.07) is 2.79. The van der Waals surface area contributed by atoms with E-state index in [1.165, 1.54) is 12.1 Å². The summed E-state index contributed by atoms with van der Waals surface area (Å²) in [6.45, 7) is 0. The second-order valence-corrected chi connectivity index (χ2v) is 3.25. The second kappa shape index (κ2) is 4.00. The van der Waals surface area contributed by atoms with Gasteiger partial charge in [0, 0.05) is 0 Å². The third-order valence-corrected chi connectivity index (χ3v) is 2.54. The lowest BCUT2D eigenvalue weighted by Gasteiger charge is -2.03. The molecule has 0 saturated carbocycles. The molecule has 7 heteroatoms. The number of anilines is 1.